The molecule has 0 fully saturated rings. The van der Waals surface area contributed by atoms with Gasteiger partial charge in [-0.1, -0.05) is 6.92 Å². The number of aryl methyl sites for hydroxylation is 2. The first-order valence-corrected chi connectivity index (χ1v) is 6.44. The molecule has 0 spiro atoms. The average molecular weight is 250 g/mol. The Morgan fingerprint density at radius 1 is 1.53 bits per heavy atom. The maximum atomic E-state index is 5.34. The molecule has 2 aromatic rings. The third-order valence-corrected chi connectivity index (χ3v) is 3.40. The summed E-state index contributed by atoms with van der Waals surface area (Å²) < 4.78 is 8.37. The number of nitrogens with one attached hydrogen (secondary N) is 1. The van der Waals surface area contributed by atoms with Crippen LogP contribution in [0, 0.1) is 4.77 Å². The van der Waals surface area contributed by atoms with E-state index in [1.807, 2.05) is 18.3 Å². The first kappa shape index (κ1) is 12.2. The molecule has 2 rings (SSSR count). The lowest BCUT2D eigenvalue weighted by Crippen LogP contribution is -2.09. The maximum Gasteiger partial charge on any atom is 0.177 e. The molecule has 0 bridgehead atoms. The molecule has 17 heavy (non-hydrogen) atoms. The van der Waals surface area contributed by atoms with Crippen LogP contribution in [0.2, 0.25) is 0 Å². The van der Waals surface area contributed by atoms with Gasteiger partial charge in [-0.25, -0.2) is 0 Å². The Morgan fingerprint density at radius 2 is 2.35 bits per heavy atom. The van der Waals surface area contributed by atoms with Gasteiger partial charge in [0, 0.05) is 24.4 Å². The summed E-state index contributed by atoms with van der Waals surface area (Å²) >= 11 is 5.31. The highest BCUT2D eigenvalue weighted by molar-refractivity contribution is 7.71. The van der Waals surface area contributed by atoms with Crippen LogP contribution in [-0.4, -0.2) is 9.55 Å². The van der Waals surface area contributed by atoms with E-state index in [9.17, 15) is 0 Å². The van der Waals surface area contributed by atoms with Crippen LogP contribution < -0.4 is 0 Å². The summed E-state index contributed by atoms with van der Waals surface area (Å²) in [5.74, 6) is 1.04. The first-order chi connectivity index (χ1) is 8.22. The van der Waals surface area contributed by atoms with Crippen molar-refractivity contribution in [3.63, 3.8) is 0 Å². The van der Waals surface area contributed by atoms with Gasteiger partial charge in [-0.15, -0.1) is 0 Å². The SMILES string of the molecule is CCc1c[nH]c(=S)n1C(C)CCc1ccco1. The molecule has 0 aromatic carbocycles. The van der Waals surface area contributed by atoms with Crippen LogP contribution in [-0.2, 0) is 12.8 Å². The van der Waals surface area contributed by atoms with Crippen molar-refractivity contribution in [2.24, 2.45) is 0 Å². The summed E-state index contributed by atoms with van der Waals surface area (Å²) in [6.07, 6.45) is 6.71. The minimum atomic E-state index is 0.397. The highest BCUT2D eigenvalue weighted by Crippen LogP contribution is 2.18. The molecule has 0 saturated carbocycles. The molecule has 0 amide bonds. The third kappa shape index (κ3) is 2.69. The zero-order chi connectivity index (χ0) is 12.3. The van der Waals surface area contributed by atoms with E-state index in [0.29, 0.717) is 6.04 Å². The number of nitrogens with zero attached hydrogens (tertiary/aromatic N) is 1. The topological polar surface area (TPSA) is 33.9 Å². The highest BCUT2D eigenvalue weighted by atomic mass is 32.1. The monoisotopic (exact) mass is 250 g/mol. The van der Waals surface area contributed by atoms with Crippen LogP contribution in [0.3, 0.4) is 0 Å². The standard InChI is InChI=1S/C13H18N2OS/c1-3-11-9-14-13(17)15(11)10(2)6-7-12-5-4-8-16-12/h4-5,8-10H,3,6-7H2,1-2H3,(H,14,17). The van der Waals surface area contributed by atoms with E-state index >= 15 is 0 Å². The van der Waals surface area contributed by atoms with Crippen LogP contribution in [0.15, 0.2) is 29.0 Å². The van der Waals surface area contributed by atoms with Gasteiger partial charge in [0.2, 0.25) is 0 Å². The number of aromatic amines is 1. The molecular weight excluding hydrogens is 232 g/mol. The van der Waals surface area contributed by atoms with Crippen LogP contribution in [0.5, 0.6) is 0 Å². The average Bonchev–Trinajstić information content (AvgIpc) is 2.94. The van der Waals surface area contributed by atoms with Crippen LogP contribution in [0.1, 0.15) is 37.8 Å². The summed E-state index contributed by atoms with van der Waals surface area (Å²) in [6.45, 7) is 4.35. The summed E-state index contributed by atoms with van der Waals surface area (Å²) in [5, 5.41) is 0. The lowest BCUT2D eigenvalue weighted by Gasteiger charge is -2.15. The normalized spacial score (nSPS) is 12.8. The number of H-pyrrole nitrogens is 1. The van der Waals surface area contributed by atoms with E-state index in [2.05, 4.69) is 23.4 Å². The number of imidazole rings is 1. The molecule has 1 atom stereocenters. The second-order valence-electron chi connectivity index (χ2n) is 4.28. The van der Waals surface area contributed by atoms with E-state index < -0.39 is 0 Å². The van der Waals surface area contributed by atoms with Gasteiger partial charge in [0.25, 0.3) is 0 Å². The van der Waals surface area contributed by atoms with Crippen molar-refractivity contribution in [1.29, 1.82) is 0 Å². The van der Waals surface area contributed by atoms with Gasteiger partial charge in [0.1, 0.15) is 5.76 Å². The molecule has 92 valence electrons. The number of hydrogen-bond acceptors (Lipinski definition) is 2. The molecule has 2 heterocycles. The second kappa shape index (κ2) is 5.36. The minimum absolute atomic E-state index is 0.397. The van der Waals surface area contributed by atoms with Crippen molar-refractivity contribution < 1.29 is 4.42 Å². The van der Waals surface area contributed by atoms with E-state index in [0.717, 1.165) is 29.8 Å². The third-order valence-electron chi connectivity index (χ3n) is 3.08. The van der Waals surface area contributed by atoms with Gasteiger partial charge in [-0.2, -0.15) is 0 Å². The van der Waals surface area contributed by atoms with Gasteiger partial charge < -0.3 is 14.0 Å². The minimum Gasteiger partial charge on any atom is -0.469 e. The van der Waals surface area contributed by atoms with E-state index in [1.165, 1.54) is 5.69 Å². The molecule has 1 N–H and O–H groups in total. The zero-order valence-electron chi connectivity index (χ0n) is 10.3. The predicted molar refractivity (Wildman–Crippen MR) is 70.7 cm³/mol. The molecule has 4 heteroatoms. The predicted octanol–water partition coefficient (Wildman–Crippen LogP) is 3.89. The summed E-state index contributed by atoms with van der Waals surface area (Å²) in [7, 11) is 0. The maximum absolute atomic E-state index is 5.34. The smallest absolute Gasteiger partial charge is 0.177 e. The fourth-order valence-electron chi connectivity index (χ4n) is 2.11. The highest BCUT2D eigenvalue weighted by Gasteiger charge is 2.10. The van der Waals surface area contributed by atoms with Gasteiger partial charge in [0.05, 0.1) is 6.26 Å². The van der Waals surface area contributed by atoms with Crippen molar-refractivity contribution in [3.05, 3.63) is 40.8 Å². The molecule has 0 aliphatic heterocycles. The van der Waals surface area contributed by atoms with Crippen LogP contribution in [0.25, 0.3) is 0 Å². The van der Waals surface area contributed by atoms with Gasteiger partial charge in [-0.3, -0.25) is 0 Å². The summed E-state index contributed by atoms with van der Waals surface area (Å²) in [6, 6.07) is 4.34. The molecule has 0 radical (unpaired) electrons. The molecule has 0 aliphatic carbocycles. The molecular formula is C13H18N2OS. The Balaban J connectivity index is 2.06. The summed E-state index contributed by atoms with van der Waals surface area (Å²) in [4.78, 5) is 3.12. The van der Waals surface area contributed by atoms with Crippen LogP contribution >= 0.6 is 12.2 Å². The van der Waals surface area contributed by atoms with Crippen molar-refractivity contribution in [2.45, 2.75) is 39.2 Å². The fourth-order valence-corrected chi connectivity index (χ4v) is 2.46. The van der Waals surface area contributed by atoms with E-state index in [1.54, 1.807) is 6.26 Å². The van der Waals surface area contributed by atoms with Crippen molar-refractivity contribution in [3.8, 4) is 0 Å². The van der Waals surface area contributed by atoms with Crippen LogP contribution in [0.4, 0.5) is 0 Å². The van der Waals surface area contributed by atoms with Gasteiger partial charge in [0.15, 0.2) is 4.77 Å². The summed E-state index contributed by atoms with van der Waals surface area (Å²) in [5.41, 5.74) is 1.27. The Labute approximate surface area is 106 Å². The lowest BCUT2D eigenvalue weighted by atomic mass is 10.1. The Hall–Kier alpha value is -1.29. The van der Waals surface area contributed by atoms with Gasteiger partial charge in [-0.05, 0) is 44.1 Å². The largest absolute Gasteiger partial charge is 0.469 e. The quantitative estimate of drug-likeness (QED) is 0.817. The van der Waals surface area contributed by atoms with E-state index in [4.69, 9.17) is 16.6 Å². The Morgan fingerprint density at radius 3 is 3.00 bits per heavy atom. The molecule has 2 aromatic heterocycles. The number of rotatable bonds is 5. The lowest BCUT2D eigenvalue weighted by molar-refractivity contribution is 0.443. The van der Waals surface area contributed by atoms with Crippen molar-refractivity contribution in [2.75, 3.05) is 0 Å². The van der Waals surface area contributed by atoms with E-state index in [-0.39, 0.29) is 0 Å². The number of aromatic nitrogens is 2. The molecule has 0 saturated heterocycles. The molecule has 3 nitrogen and oxygen atoms in total. The molecule has 0 aliphatic rings. The molecule has 1 unspecified atom stereocenters. The number of furan rings is 1. The Bertz CT molecular complexity index is 510. The van der Waals surface area contributed by atoms with Crippen molar-refractivity contribution >= 4 is 12.2 Å². The Kier molecular flexibility index (Phi) is 3.84. The number of hydrogen-bond donors (Lipinski definition) is 1. The second-order valence-corrected chi connectivity index (χ2v) is 4.66. The first-order valence-electron chi connectivity index (χ1n) is 6.03. The van der Waals surface area contributed by atoms with Gasteiger partial charge >= 0.3 is 0 Å². The zero-order valence-corrected chi connectivity index (χ0v) is 11.1. The fraction of sp³-hybridized carbons (Fsp3) is 0.462. The van der Waals surface area contributed by atoms with Crippen molar-refractivity contribution in [1.82, 2.24) is 9.55 Å².